The van der Waals surface area contributed by atoms with E-state index in [1.807, 2.05) is 6.92 Å². The molecule has 0 spiro atoms. The van der Waals surface area contributed by atoms with Crippen molar-refractivity contribution in [1.29, 1.82) is 0 Å². The number of ether oxygens (including phenoxy) is 2. The van der Waals surface area contributed by atoms with E-state index in [1.54, 1.807) is 32.2 Å². The summed E-state index contributed by atoms with van der Waals surface area (Å²) in [5.41, 5.74) is 0.685. The van der Waals surface area contributed by atoms with Crippen LogP contribution in [0.25, 0.3) is 0 Å². The summed E-state index contributed by atoms with van der Waals surface area (Å²) in [6.07, 6.45) is 0.0535. The minimum Gasteiger partial charge on any atom is -0.497 e. The Morgan fingerprint density at radius 3 is 2.80 bits per heavy atom. The molecule has 1 aromatic carbocycles. The average Bonchev–Trinajstić information content (AvgIpc) is 2.92. The van der Waals surface area contributed by atoms with Crippen LogP contribution in [0.3, 0.4) is 0 Å². The van der Waals surface area contributed by atoms with Gasteiger partial charge in [-0.25, -0.2) is 0 Å². The molecule has 0 saturated carbocycles. The molecular formula is C14H18N2O4. The van der Waals surface area contributed by atoms with Gasteiger partial charge in [0.2, 0.25) is 11.7 Å². The van der Waals surface area contributed by atoms with Crippen LogP contribution in [-0.2, 0) is 13.0 Å². The molecule has 0 amide bonds. The number of aliphatic hydroxyl groups is 1. The third-order valence-corrected chi connectivity index (χ3v) is 2.84. The van der Waals surface area contributed by atoms with Crippen LogP contribution in [-0.4, -0.2) is 22.4 Å². The fraction of sp³-hybridized carbons (Fsp3) is 0.429. The first-order valence-corrected chi connectivity index (χ1v) is 6.44. The summed E-state index contributed by atoms with van der Waals surface area (Å²) in [6, 6.07) is 5.27. The second kappa shape index (κ2) is 6.38. The number of nitrogens with zero attached hydrogens (tertiary/aromatic N) is 2. The molecule has 0 aliphatic carbocycles. The van der Waals surface area contributed by atoms with E-state index in [4.69, 9.17) is 14.0 Å². The second-order valence-electron chi connectivity index (χ2n) is 4.33. The van der Waals surface area contributed by atoms with Gasteiger partial charge in [-0.2, -0.15) is 4.98 Å². The summed E-state index contributed by atoms with van der Waals surface area (Å²) in [5.74, 6) is 2.25. The fourth-order valence-electron chi connectivity index (χ4n) is 1.75. The zero-order valence-electron chi connectivity index (χ0n) is 11.8. The summed E-state index contributed by atoms with van der Waals surface area (Å²) in [7, 11) is 1.58. The molecular weight excluding hydrogens is 260 g/mol. The maximum absolute atomic E-state index is 9.74. The SMILES string of the molecule is CCc1nc(COc2cc(OC)ccc2[C@H](C)O)no1. The topological polar surface area (TPSA) is 77.6 Å². The van der Waals surface area contributed by atoms with Gasteiger partial charge in [0.25, 0.3) is 0 Å². The van der Waals surface area contributed by atoms with Crippen molar-refractivity contribution in [1.82, 2.24) is 10.1 Å². The molecule has 0 bridgehead atoms. The molecule has 108 valence electrons. The third-order valence-electron chi connectivity index (χ3n) is 2.84. The average molecular weight is 278 g/mol. The third kappa shape index (κ3) is 3.27. The summed E-state index contributed by atoms with van der Waals surface area (Å²) >= 11 is 0. The smallest absolute Gasteiger partial charge is 0.226 e. The van der Waals surface area contributed by atoms with Gasteiger partial charge in [-0.05, 0) is 19.1 Å². The van der Waals surface area contributed by atoms with E-state index >= 15 is 0 Å². The molecule has 2 aromatic rings. The molecule has 0 radical (unpaired) electrons. The molecule has 6 nitrogen and oxygen atoms in total. The van der Waals surface area contributed by atoms with E-state index in [1.165, 1.54) is 0 Å². The number of aliphatic hydroxyl groups excluding tert-OH is 1. The Morgan fingerprint density at radius 1 is 1.40 bits per heavy atom. The highest BCUT2D eigenvalue weighted by Gasteiger charge is 2.12. The van der Waals surface area contributed by atoms with Crippen LogP contribution < -0.4 is 9.47 Å². The molecule has 0 unspecified atom stereocenters. The normalized spacial score (nSPS) is 12.2. The van der Waals surface area contributed by atoms with Crippen molar-refractivity contribution in [3.05, 3.63) is 35.5 Å². The van der Waals surface area contributed by atoms with Gasteiger partial charge in [0.1, 0.15) is 11.5 Å². The van der Waals surface area contributed by atoms with Crippen LogP contribution in [0.5, 0.6) is 11.5 Å². The van der Waals surface area contributed by atoms with Crippen LogP contribution in [0.4, 0.5) is 0 Å². The van der Waals surface area contributed by atoms with Gasteiger partial charge in [-0.3, -0.25) is 0 Å². The van der Waals surface area contributed by atoms with Gasteiger partial charge >= 0.3 is 0 Å². The van der Waals surface area contributed by atoms with Crippen molar-refractivity contribution >= 4 is 0 Å². The predicted octanol–water partition coefficient (Wildman–Crippen LogP) is 2.27. The molecule has 20 heavy (non-hydrogen) atoms. The van der Waals surface area contributed by atoms with Crippen LogP contribution >= 0.6 is 0 Å². The highest BCUT2D eigenvalue weighted by molar-refractivity contribution is 5.41. The van der Waals surface area contributed by atoms with E-state index in [0.717, 1.165) is 0 Å². The lowest BCUT2D eigenvalue weighted by Gasteiger charge is -2.13. The first kappa shape index (κ1) is 14.3. The van der Waals surface area contributed by atoms with Crippen molar-refractivity contribution < 1.29 is 19.1 Å². The number of rotatable bonds is 6. The van der Waals surface area contributed by atoms with Crippen molar-refractivity contribution in [2.45, 2.75) is 33.0 Å². The summed E-state index contributed by atoms with van der Waals surface area (Å²) in [5, 5.41) is 13.6. The van der Waals surface area contributed by atoms with E-state index in [9.17, 15) is 5.11 Å². The summed E-state index contributed by atoms with van der Waals surface area (Å²) in [6.45, 7) is 3.79. The van der Waals surface area contributed by atoms with Crippen LogP contribution in [0, 0.1) is 0 Å². The van der Waals surface area contributed by atoms with Gasteiger partial charge in [0.05, 0.1) is 13.2 Å². The Morgan fingerprint density at radius 2 is 2.20 bits per heavy atom. The minimum atomic E-state index is -0.632. The molecule has 1 heterocycles. The van der Waals surface area contributed by atoms with Crippen LogP contribution in [0.2, 0.25) is 0 Å². The molecule has 0 aliphatic rings. The lowest BCUT2D eigenvalue weighted by molar-refractivity contribution is 0.189. The van der Waals surface area contributed by atoms with Gasteiger partial charge in [0, 0.05) is 18.1 Å². The number of aryl methyl sites for hydroxylation is 1. The lowest BCUT2D eigenvalue weighted by atomic mass is 10.1. The Bertz CT molecular complexity index is 566. The van der Waals surface area contributed by atoms with Gasteiger partial charge < -0.3 is 19.1 Å². The van der Waals surface area contributed by atoms with Gasteiger partial charge in [-0.1, -0.05) is 12.1 Å². The van der Waals surface area contributed by atoms with Crippen molar-refractivity contribution in [3.8, 4) is 11.5 Å². The van der Waals surface area contributed by atoms with E-state index < -0.39 is 6.10 Å². The minimum absolute atomic E-state index is 0.177. The first-order chi connectivity index (χ1) is 9.63. The molecule has 0 fully saturated rings. The standard InChI is InChI=1S/C14H18N2O4/c1-4-14-15-13(16-20-14)8-19-12-7-10(18-3)5-6-11(12)9(2)17/h5-7,9,17H,4,8H2,1-3H3/t9-/m0/s1. The molecule has 0 aliphatic heterocycles. The number of methoxy groups -OCH3 is 1. The first-order valence-electron chi connectivity index (χ1n) is 6.44. The Balaban J connectivity index is 2.14. The van der Waals surface area contributed by atoms with Crippen LogP contribution in [0.1, 0.15) is 37.2 Å². The Hall–Kier alpha value is -2.08. The fourth-order valence-corrected chi connectivity index (χ4v) is 1.75. The van der Waals surface area contributed by atoms with Crippen molar-refractivity contribution in [3.63, 3.8) is 0 Å². The summed E-state index contributed by atoms with van der Waals surface area (Å²) in [4.78, 5) is 4.16. The predicted molar refractivity (Wildman–Crippen MR) is 71.6 cm³/mol. The number of aromatic nitrogens is 2. The molecule has 1 atom stereocenters. The largest absolute Gasteiger partial charge is 0.497 e. The van der Waals surface area contributed by atoms with E-state index in [0.29, 0.717) is 35.2 Å². The van der Waals surface area contributed by atoms with Gasteiger partial charge in [0.15, 0.2) is 6.61 Å². The summed E-state index contributed by atoms with van der Waals surface area (Å²) < 4.78 is 15.8. The number of hydrogen-bond donors (Lipinski definition) is 1. The maximum Gasteiger partial charge on any atom is 0.226 e. The zero-order valence-corrected chi connectivity index (χ0v) is 11.8. The Kier molecular flexibility index (Phi) is 4.57. The van der Waals surface area contributed by atoms with E-state index in [-0.39, 0.29) is 6.61 Å². The molecule has 2 rings (SSSR count). The molecule has 6 heteroatoms. The molecule has 1 N–H and O–H groups in total. The quantitative estimate of drug-likeness (QED) is 0.873. The van der Waals surface area contributed by atoms with E-state index in [2.05, 4.69) is 10.1 Å². The number of hydrogen-bond acceptors (Lipinski definition) is 6. The monoisotopic (exact) mass is 278 g/mol. The zero-order chi connectivity index (χ0) is 14.5. The highest BCUT2D eigenvalue weighted by Crippen LogP contribution is 2.29. The van der Waals surface area contributed by atoms with Crippen molar-refractivity contribution in [2.24, 2.45) is 0 Å². The highest BCUT2D eigenvalue weighted by atomic mass is 16.5. The molecule has 1 aromatic heterocycles. The second-order valence-corrected chi connectivity index (χ2v) is 4.33. The van der Waals surface area contributed by atoms with Crippen molar-refractivity contribution in [2.75, 3.05) is 7.11 Å². The number of benzene rings is 1. The van der Waals surface area contributed by atoms with Crippen LogP contribution in [0.15, 0.2) is 22.7 Å². The Labute approximate surface area is 117 Å². The molecule has 0 saturated heterocycles. The lowest BCUT2D eigenvalue weighted by Crippen LogP contribution is -2.03. The maximum atomic E-state index is 9.74. The van der Waals surface area contributed by atoms with Gasteiger partial charge in [-0.15, -0.1) is 0 Å².